The minimum atomic E-state index is -0.741. The molecule has 0 spiro atoms. The SMILES string of the molecule is C[C@@H](NC(=O)N[C@H](C)c1nc(C(C)(C)C)cs1)C(=O)NCCF. The van der Waals surface area contributed by atoms with Gasteiger partial charge in [0.05, 0.1) is 11.7 Å². The number of hydrogen-bond acceptors (Lipinski definition) is 4. The number of thiazole rings is 1. The molecule has 0 radical (unpaired) electrons. The van der Waals surface area contributed by atoms with E-state index in [1.807, 2.05) is 12.3 Å². The van der Waals surface area contributed by atoms with Crippen molar-refractivity contribution < 1.29 is 14.0 Å². The second-order valence-corrected chi connectivity index (χ2v) is 7.25. The summed E-state index contributed by atoms with van der Waals surface area (Å²) in [6.45, 7) is 8.91. The number of nitrogens with one attached hydrogen (secondary N) is 3. The normalized spacial score (nSPS) is 14.0. The average molecular weight is 344 g/mol. The Kier molecular flexibility index (Phi) is 6.93. The quantitative estimate of drug-likeness (QED) is 0.740. The third-order valence-electron chi connectivity index (χ3n) is 3.14. The van der Waals surface area contributed by atoms with E-state index < -0.39 is 24.7 Å². The van der Waals surface area contributed by atoms with E-state index in [9.17, 15) is 14.0 Å². The largest absolute Gasteiger partial charge is 0.352 e. The molecule has 2 atom stereocenters. The fraction of sp³-hybridized carbons (Fsp3) is 0.667. The van der Waals surface area contributed by atoms with Crippen LogP contribution in [-0.4, -0.2) is 36.2 Å². The number of halogens is 1. The predicted octanol–water partition coefficient (Wildman–Crippen LogP) is 2.28. The monoisotopic (exact) mass is 344 g/mol. The first-order valence-corrected chi connectivity index (χ1v) is 8.39. The number of rotatable bonds is 6. The lowest BCUT2D eigenvalue weighted by atomic mass is 9.93. The second kappa shape index (κ2) is 8.24. The van der Waals surface area contributed by atoms with Crippen LogP contribution < -0.4 is 16.0 Å². The predicted molar refractivity (Wildman–Crippen MR) is 89.3 cm³/mol. The summed E-state index contributed by atoms with van der Waals surface area (Å²) in [5.74, 6) is -0.422. The molecule has 0 unspecified atom stereocenters. The van der Waals surface area contributed by atoms with Crippen LogP contribution >= 0.6 is 11.3 Å². The maximum absolute atomic E-state index is 12.0. The highest BCUT2D eigenvalue weighted by atomic mass is 32.1. The Morgan fingerprint density at radius 1 is 1.30 bits per heavy atom. The van der Waals surface area contributed by atoms with Gasteiger partial charge in [0.2, 0.25) is 5.91 Å². The van der Waals surface area contributed by atoms with Gasteiger partial charge < -0.3 is 16.0 Å². The van der Waals surface area contributed by atoms with Gasteiger partial charge in [-0.3, -0.25) is 4.79 Å². The highest BCUT2D eigenvalue weighted by Gasteiger charge is 2.21. The van der Waals surface area contributed by atoms with Crippen LogP contribution in [0.15, 0.2) is 5.38 Å². The van der Waals surface area contributed by atoms with E-state index in [1.165, 1.54) is 11.3 Å². The topological polar surface area (TPSA) is 83.1 Å². The highest BCUT2D eigenvalue weighted by molar-refractivity contribution is 7.09. The molecule has 1 rings (SSSR count). The lowest BCUT2D eigenvalue weighted by Crippen LogP contribution is -2.49. The lowest BCUT2D eigenvalue weighted by Gasteiger charge is -2.17. The van der Waals surface area contributed by atoms with Crippen LogP contribution in [0.5, 0.6) is 0 Å². The van der Waals surface area contributed by atoms with Crippen molar-refractivity contribution in [2.24, 2.45) is 0 Å². The fourth-order valence-electron chi connectivity index (χ4n) is 1.72. The van der Waals surface area contributed by atoms with Crippen molar-refractivity contribution in [1.29, 1.82) is 0 Å². The van der Waals surface area contributed by atoms with Crippen molar-refractivity contribution in [2.45, 2.75) is 52.1 Å². The number of urea groups is 1. The van der Waals surface area contributed by atoms with Crippen molar-refractivity contribution in [3.8, 4) is 0 Å². The average Bonchev–Trinajstić information content (AvgIpc) is 2.94. The minimum Gasteiger partial charge on any atom is -0.352 e. The molecule has 0 aromatic carbocycles. The van der Waals surface area contributed by atoms with E-state index in [4.69, 9.17) is 0 Å². The Hall–Kier alpha value is -1.70. The van der Waals surface area contributed by atoms with Crippen LogP contribution in [0.3, 0.4) is 0 Å². The summed E-state index contributed by atoms with van der Waals surface area (Å²) in [5.41, 5.74) is 0.935. The van der Waals surface area contributed by atoms with E-state index in [0.29, 0.717) is 0 Å². The molecule has 1 heterocycles. The summed E-state index contributed by atoms with van der Waals surface area (Å²) in [7, 11) is 0. The number of nitrogens with zero attached hydrogens (tertiary/aromatic N) is 1. The zero-order valence-corrected chi connectivity index (χ0v) is 15.0. The van der Waals surface area contributed by atoms with E-state index in [2.05, 4.69) is 41.7 Å². The van der Waals surface area contributed by atoms with Crippen LogP contribution in [0.4, 0.5) is 9.18 Å². The number of carbonyl (C=O) groups is 2. The summed E-state index contributed by atoms with van der Waals surface area (Å²) in [6, 6.07) is -1.47. The van der Waals surface area contributed by atoms with Gasteiger partial charge in [0.15, 0.2) is 0 Å². The van der Waals surface area contributed by atoms with Gasteiger partial charge in [0, 0.05) is 17.3 Å². The minimum absolute atomic E-state index is 0.0419. The van der Waals surface area contributed by atoms with Gasteiger partial charge in [-0.05, 0) is 13.8 Å². The van der Waals surface area contributed by atoms with E-state index >= 15 is 0 Å². The van der Waals surface area contributed by atoms with Gasteiger partial charge in [-0.15, -0.1) is 11.3 Å². The summed E-state index contributed by atoms with van der Waals surface area (Å²) in [4.78, 5) is 28.0. The number of carbonyl (C=O) groups excluding carboxylic acids is 2. The fourth-order valence-corrected chi connectivity index (χ4v) is 2.77. The van der Waals surface area contributed by atoms with Crippen LogP contribution in [-0.2, 0) is 10.2 Å². The van der Waals surface area contributed by atoms with Gasteiger partial charge in [-0.25, -0.2) is 14.2 Å². The van der Waals surface area contributed by atoms with Gasteiger partial charge in [0.25, 0.3) is 0 Å². The van der Waals surface area contributed by atoms with Crippen molar-refractivity contribution in [3.05, 3.63) is 16.1 Å². The van der Waals surface area contributed by atoms with Gasteiger partial charge in [-0.2, -0.15) is 0 Å². The molecule has 0 aliphatic rings. The Bertz CT molecular complexity index is 542. The Morgan fingerprint density at radius 3 is 2.48 bits per heavy atom. The van der Waals surface area contributed by atoms with Crippen molar-refractivity contribution >= 4 is 23.3 Å². The summed E-state index contributed by atoms with van der Waals surface area (Å²) >= 11 is 1.49. The maximum atomic E-state index is 12.0. The Labute approximate surface area is 140 Å². The first-order chi connectivity index (χ1) is 10.6. The Morgan fingerprint density at radius 2 is 1.96 bits per heavy atom. The number of alkyl halides is 1. The standard InChI is InChI=1S/C15H25FN4O2S/c1-9(12(21)17-7-6-16)18-14(22)19-10(2)13-20-11(8-23-13)15(3,4)5/h8-10H,6-7H2,1-5H3,(H,17,21)(H2,18,19,22)/t9-,10-/m1/s1. The molecule has 130 valence electrons. The summed E-state index contributed by atoms with van der Waals surface area (Å²) < 4.78 is 12.0. The first kappa shape index (κ1) is 19.3. The molecule has 1 aromatic rings. The number of hydrogen-bond donors (Lipinski definition) is 3. The highest BCUT2D eigenvalue weighted by Crippen LogP contribution is 2.26. The summed E-state index contributed by atoms with van der Waals surface area (Å²) in [5, 5.41) is 10.4. The molecule has 0 aliphatic carbocycles. The van der Waals surface area contributed by atoms with Gasteiger partial charge in [-0.1, -0.05) is 20.8 Å². The van der Waals surface area contributed by atoms with Crippen molar-refractivity contribution in [2.75, 3.05) is 13.2 Å². The molecule has 0 bridgehead atoms. The van der Waals surface area contributed by atoms with Crippen LogP contribution in [0, 0.1) is 0 Å². The molecule has 6 nitrogen and oxygen atoms in total. The van der Waals surface area contributed by atoms with Crippen LogP contribution in [0.2, 0.25) is 0 Å². The van der Waals surface area contributed by atoms with Gasteiger partial charge in [0.1, 0.15) is 17.7 Å². The van der Waals surface area contributed by atoms with Crippen LogP contribution in [0.25, 0.3) is 0 Å². The molecule has 8 heteroatoms. The zero-order chi connectivity index (χ0) is 17.6. The molecule has 0 saturated heterocycles. The summed E-state index contributed by atoms with van der Waals surface area (Å²) in [6.07, 6.45) is 0. The third kappa shape index (κ3) is 6.13. The molecule has 23 heavy (non-hydrogen) atoms. The van der Waals surface area contributed by atoms with E-state index in [1.54, 1.807) is 6.92 Å². The molecule has 3 N–H and O–H groups in total. The molecular weight excluding hydrogens is 319 g/mol. The molecule has 3 amide bonds. The molecule has 1 aromatic heterocycles. The smallest absolute Gasteiger partial charge is 0.315 e. The van der Waals surface area contributed by atoms with Crippen molar-refractivity contribution in [1.82, 2.24) is 20.9 Å². The molecule has 0 saturated carbocycles. The molecular formula is C15H25FN4O2S. The van der Waals surface area contributed by atoms with Crippen LogP contribution in [0.1, 0.15) is 51.4 Å². The number of amides is 3. The van der Waals surface area contributed by atoms with E-state index in [0.717, 1.165) is 10.7 Å². The van der Waals surface area contributed by atoms with Gasteiger partial charge >= 0.3 is 6.03 Å². The van der Waals surface area contributed by atoms with E-state index in [-0.39, 0.29) is 18.0 Å². The van der Waals surface area contributed by atoms with Crippen molar-refractivity contribution in [3.63, 3.8) is 0 Å². The third-order valence-corrected chi connectivity index (χ3v) is 4.17. The zero-order valence-electron chi connectivity index (χ0n) is 14.2. The number of aromatic nitrogens is 1. The first-order valence-electron chi connectivity index (χ1n) is 7.51. The second-order valence-electron chi connectivity index (χ2n) is 6.36. The molecule has 0 fully saturated rings. The Balaban J connectivity index is 2.53. The maximum Gasteiger partial charge on any atom is 0.315 e. The molecule has 0 aliphatic heterocycles. The lowest BCUT2D eigenvalue weighted by molar-refractivity contribution is -0.122.